The molecule has 4 bridgehead atoms. The van der Waals surface area contributed by atoms with E-state index in [0.717, 1.165) is 0 Å². The van der Waals surface area contributed by atoms with E-state index in [-0.39, 0.29) is 24.2 Å². The summed E-state index contributed by atoms with van der Waals surface area (Å²) >= 11 is 0. The molecule has 7 heteroatoms. The van der Waals surface area contributed by atoms with E-state index in [1.54, 1.807) is 0 Å². The lowest BCUT2D eigenvalue weighted by Crippen LogP contribution is -2.85. The van der Waals surface area contributed by atoms with Crippen molar-refractivity contribution in [1.29, 1.82) is 0 Å². The van der Waals surface area contributed by atoms with Crippen LogP contribution in [-0.2, 0) is 19.1 Å². The van der Waals surface area contributed by atoms with E-state index in [0.29, 0.717) is 37.7 Å². The van der Waals surface area contributed by atoms with Crippen molar-refractivity contribution in [3.8, 4) is 0 Å². The fraction of sp³-hybridized carbons (Fsp3) is 0.833. The molecular formula is C24H34O7. The van der Waals surface area contributed by atoms with Gasteiger partial charge >= 0.3 is 5.97 Å². The molecule has 2 spiro atoms. The number of ketones is 1. The predicted molar refractivity (Wildman–Crippen MR) is 109 cm³/mol. The second-order valence-electron chi connectivity index (χ2n) is 11.2. The molecular weight excluding hydrogens is 400 g/mol. The van der Waals surface area contributed by atoms with Crippen LogP contribution in [0.2, 0.25) is 0 Å². The highest BCUT2D eigenvalue weighted by Crippen LogP contribution is 2.76. The average Bonchev–Trinajstić information content (AvgIpc) is 2.82. The molecule has 0 unspecified atom stereocenters. The first-order valence-electron chi connectivity index (χ1n) is 11.7. The summed E-state index contributed by atoms with van der Waals surface area (Å²) in [5, 5.41) is 35.0. The molecule has 4 saturated carbocycles. The van der Waals surface area contributed by atoms with Gasteiger partial charge in [0.1, 0.15) is 17.6 Å². The monoisotopic (exact) mass is 434 g/mol. The van der Waals surface area contributed by atoms with Crippen LogP contribution in [0.5, 0.6) is 0 Å². The number of aliphatic hydroxyl groups is 3. The van der Waals surface area contributed by atoms with Crippen LogP contribution in [0.4, 0.5) is 0 Å². The molecule has 4 aliphatic carbocycles. The topological polar surface area (TPSA) is 113 Å². The Morgan fingerprint density at radius 2 is 1.97 bits per heavy atom. The van der Waals surface area contributed by atoms with E-state index in [1.807, 2.05) is 20.8 Å². The zero-order valence-corrected chi connectivity index (χ0v) is 18.6. The van der Waals surface area contributed by atoms with Crippen LogP contribution in [0.1, 0.15) is 59.3 Å². The first-order chi connectivity index (χ1) is 14.5. The van der Waals surface area contributed by atoms with Crippen molar-refractivity contribution < 1.29 is 34.4 Å². The quantitative estimate of drug-likeness (QED) is 0.458. The third-order valence-electron chi connectivity index (χ3n) is 9.56. The van der Waals surface area contributed by atoms with Gasteiger partial charge in [0.15, 0.2) is 5.78 Å². The molecule has 0 aromatic heterocycles. The number of rotatable bonds is 3. The number of hydrogen-bond donors (Lipinski definition) is 3. The summed E-state index contributed by atoms with van der Waals surface area (Å²) < 4.78 is 11.9. The molecule has 172 valence electrons. The third-order valence-corrected chi connectivity index (χ3v) is 9.56. The maximum absolute atomic E-state index is 13.8. The SMILES string of the molecule is C=C1C(=O)[C@]23[C@H](OC(=O)CCC)[C@H]1CC[C@H]2[C@@]12CO[C@]3(O)[C@@H](O)[C@@H]1C(C)(C)CC[C@@H]2O. The van der Waals surface area contributed by atoms with E-state index < -0.39 is 58.7 Å². The Hall–Kier alpha value is -1.28. The van der Waals surface area contributed by atoms with E-state index in [4.69, 9.17) is 9.47 Å². The minimum atomic E-state index is -2.19. The molecule has 31 heavy (non-hydrogen) atoms. The van der Waals surface area contributed by atoms with Crippen LogP contribution in [0.15, 0.2) is 12.2 Å². The van der Waals surface area contributed by atoms with Gasteiger partial charge in [0.25, 0.3) is 0 Å². The van der Waals surface area contributed by atoms with E-state index >= 15 is 0 Å². The van der Waals surface area contributed by atoms with Crippen LogP contribution >= 0.6 is 0 Å². The van der Waals surface area contributed by atoms with E-state index in [2.05, 4.69) is 6.58 Å². The first-order valence-corrected chi connectivity index (χ1v) is 11.7. The predicted octanol–water partition coefficient (Wildman–Crippen LogP) is 1.73. The van der Waals surface area contributed by atoms with Crippen molar-refractivity contribution in [3.63, 3.8) is 0 Å². The normalized spacial score (nSPS) is 51.9. The van der Waals surface area contributed by atoms with E-state index in [9.17, 15) is 24.9 Å². The minimum absolute atomic E-state index is 0.0717. The minimum Gasteiger partial charge on any atom is -0.460 e. The van der Waals surface area contributed by atoms with Gasteiger partial charge in [-0.2, -0.15) is 0 Å². The van der Waals surface area contributed by atoms with Gasteiger partial charge in [-0.25, -0.2) is 0 Å². The number of aliphatic hydroxyl groups excluding tert-OH is 2. The second-order valence-corrected chi connectivity index (χ2v) is 11.2. The summed E-state index contributed by atoms with van der Waals surface area (Å²) in [7, 11) is 0. The lowest BCUT2D eigenvalue weighted by molar-refractivity contribution is -0.458. The fourth-order valence-corrected chi connectivity index (χ4v) is 8.44. The summed E-state index contributed by atoms with van der Waals surface area (Å²) in [6, 6.07) is 0. The number of esters is 1. The molecule has 2 saturated heterocycles. The summed E-state index contributed by atoms with van der Waals surface area (Å²) in [4.78, 5) is 26.4. The first kappa shape index (κ1) is 21.6. The molecule has 3 N–H and O–H groups in total. The molecule has 7 nitrogen and oxygen atoms in total. The number of Topliss-reactive ketones (excluding diaryl/α,β-unsaturated/α-hetero) is 1. The van der Waals surface area contributed by atoms with Crippen molar-refractivity contribution in [1.82, 2.24) is 0 Å². The van der Waals surface area contributed by atoms with Gasteiger partial charge in [0.05, 0.1) is 12.7 Å². The Balaban J connectivity index is 1.73. The van der Waals surface area contributed by atoms with Crippen LogP contribution < -0.4 is 0 Å². The van der Waals surface area contributed by atoms with Gasteiger partial charge in [-0.15, -0.1) is 0 Å². The summed E-state index contributed by atoms with van der Waals surface area (Å²) in [6.07, 6.45) is 0.101. The van der Waals surface area contributed by atoms with Gasteiger partial charge in [-0.05, 0) is 49.0 Å². The molecule has 6 fully saturated rings. The van der Waals surface area contributed by atoms with Gasteiger partial charge in [0, 0.05) is 23.7 Å². The largest absolute Gasteiger partial charge is 0.460 e. The summed E-state index contributed by atoms with van der Waals surface area (Å²) in [6.45, 7) is 10.0. The number of hydrogen-bond acceptors (Lipinski definition) is 7. The summed E-state index contributed by atoms with van der Waals surface area (Å²) in [5.41, 5.74) is -2.57. The molecule has 9 atom stereocenters. The molecule has 2 heterocycles. The Bertz CT molecular complexity index is 851. The zero-order chi connectivity index (χ0) is 22.6. The zero-order valence-electron chi connectivity index (χ0n) is 18.6. The molecule has 6 aliphatic rings. The van der Waals surface area contributed by atoms with Crippen LogP contribution in [0.25, 0.3) is 0 Å². The van der Waals surface area contributed by atoms with E-state index in [1.165, 1.54) is 0 Å². The lowest BCUT2D eigenvalue weighted by atomic mass is 9.35. The van der Waals surface area contributed by atoms with Crippen LogP contribution in [0, 0.1) is 34.0 Å². The summed E-state index contributed by atoms with van der Waals surface area (Å²) in [5.74, 6) is -4.33. The molecule has 0 amide bonds. The van der Waals surface area contributed by atoms with Gasteiger partial charge in [0.2, 0.25) is 5.79 Å². The number of fused-ring (bicyclic) bond motifs is 2. The highest BCUT2D eigenvalue weighted by molar-refractivity contribution is 6.05. The number of carbonyl (C=O) groups excluding carboxylic acids is 2. The van der Waals surface area contributed by atoms with Crippen molar-refractivity contribution >= 4 is 11.8 Å². The molecule has 0 radical (unpaired) electrons. The standard InChI is InChI=1S/C24H34O7/c1-5-6-16(26)31-20-13-7-8-14-22-11-30-24(29,23(14,20)18(27)12(13)2)19(28)17(22)21(3,4)10-9-15(22)25/h13-15,17,19-20,25,28-29H,2,5-11H2,1,3-4H3/t13-,14-,15-,17+,19-,20+,22+,23-,24+/m0/s1. The highest BCUT2D eigenvalue weighted by atomic mass is 16.6. The molecule has 0 aromatic carbocycles. The van der Waals surface area contributed by atoms with Crippen LogP contribution in [0.3, 0.4) is 0 Å². The van der Waals surface area contributed by atoms with Crippen molar-refractivity contribution in [2.45, 2.75) is 83.4 Å². The average molecular weight is 435 g/mol. The Morgan fingerprint density at radius 3 is 2.65 bits per heavy atom. The Kier molecular flexibility index (Phi) is 4.45. The smallest absolute Gasteiger partial charge is 0.306 e. The second kappa shape index (κ2) is 6.40. The number of ether oxygens (including phenoxy) is 2. The van der Waals surface area contributed by atoms with Crippen molar-refractivity contribution in [3.05, 3.63) is 12.2 Å². The Morgan fingerprint density at radius 1 is 1.26 bits per heavy atom. The third kappa shape index (κ3) is 2.19. The maximum Gasteiger partial charge on any atom is 0.306 e. The molecule has 2 aliphatic heterocycles. The molecule has 0 aromatic rings. The van der Waals surface area contributed by atoms with Crippen molar-refractivity contribution in [2.75, 3.05) is 6.61 Å². The maximum atomic E-state index is 13.8. The Labute approximate surface area is 182 Å². The van der Waals surface area contributed by atoms with Crippen LogP contribution in [-0.4, -0.2) is 57.8 Å². The lowest BCUT2D eigenvalue weighted by Gasteiger charge is -2.74. The van der Waals surface area contributed by atoms with Crippen molar-refractivity contribution in [2.24, 2.45) is 34.0 Å². The van der Waals surface area contributed by atoms with Gasteiger partial charge in [-0.1, -0.05) is 27.4 Å². The fourth-order valence-electron chi connectivity index (χ4n) is 8.44. The van der Waals surface area contributed by atoms with Gasteiger partial charge in [-0.3, -0.25) is 9.59 Å². The van der Waals surface area contributed by atoms with Gasteiger partial charge < -0.3 is 24.8 Å². The number of carbonyl (C=O) groups is 2. The molecule has 6 rings (SSSR count). The highest BCUT2D eigenvalue weighted by Gasteiger charge is 2.87.